The Balaban J connectivity index is 2.80. The van der Waals surface area contributed by atoms with Crippen LogP contribution >= 0.6 is 0 Å². The first-order valence-corrected chi connectivity index (χ1v) is 5.39. The molecule has 0 aromatic heterocycles. The molecule has 0 bridgehead atoms. The van der Waals surface area contributed by atoms with Gasteiger partial charge in [-0.3, -0.25) is 0 Å². The van der Waals surface area contributed by atoms with Crippen LogP contribution in [0.3, 0.4) is 0 Å². The average molecular weight is 224 g/mol. The minimum Gasteiger partial charge on any atom is -0.387 e. The number of benzene rings is 1. The van der Waals surface area contributed by atoms with Crippen LogP contribution in [0, 0.1) is 13.8 Å². The zero-order valence-electron chi connectivity index (χ0n) is 10.4. The summed E-state index contributed by atoms with van der Waals surface area (Å²) in [4.78, 5) is 0. The molecule has 3 nitrogen and oxygen atoms in total. The molecule has 0 fully saturated rings. The quantitative estimate of drug-likeness (QED) is 0.775. The van der Waals surface area contributed by atoms with Gasteiger partial charge in [-0.2, -0.15) is 0 Å². The maximum Gasteiger partial charge on any atom is 0.183 e. The van der Waals surface area contributed by atoms with E-state index in [1.165, 1.54) is 25.3 Å². The Bertz CT molecular complexity index is 312. The lowest BCUT2D eigenvalue weighted by Crippen LogP contribution is -2.31. The zero-order valence-corrected chi connectivity index (χ0v) is 10.4. The monoisotopic (exact) mass is 224 g/mol. The van der Waals surface area contributed by atoms with Crippen molar-refractivity contribution in [1.82, 2.24) is 0 Å². The van der Waals surface area contributed by atoms with Crippen molar-refractivity contribution in [2.24, 2.45) is 0 Å². The fourth-order valence-corrected chi connectivity index (χ4v) is 1.89. The number of aliphatic hydroxyl groups excluding tert-OH is 1. The average Bonchev–Trinajstić information content (AvgIpc) is 2.25. The minimum absolute atomic E-state index is 0.546. The maximum absolute atomic E-state index is 9.96. The van der Waals surface area contributed by atoms with Crippen LogP contribution in [0.4, 0.5) is 0 Å². The number of hydrogen-bond donors (Lipinski definition) is 1. The molecule has 0 aliphatic heterocycles. The van der Waals surface area contributed by atoms with Gasteiger partial charge in [0.1, 0.15) is 6.10 Å². The molecular formula is C13H20O3. The highest BCUT2D eigenvalue weighted by Crippen LogP contribution is 2.17. The van der Waals surface area contributed by atoms with E-state index in [0.717, 1.165) is 5.56 Å². The summed E-state index contributed by atoms with van der Waals surface area (Å²) in [7, 11) is 3.06. The van der Waals surface area contributed by atoms with Crippen LogP contribution in [0.15, 0.2) is 18.2 Å². The third-order valence-corrected chi connectivity index (χ3v) is 2.84. The largest absolute Gasteiger partial charge is 0.387 e. The van der Waals surface area contributed by atoms with Crippen molar-refractivity contribution in [3.8, 4) is 0 Å². The van der Waals surface area contributed by atoms with Gasteiger partial charge in [-0.1, -0.05) is 18.2 Å². The Morgan fingerprint density at radius 2 is 1.62 bits per heavy atom. The summed E-state index contributed by atoms with van der Waals surface area (Å²) in [6.07, 6.45) is -0.668. The van der Waals surface area contributed by atoms with Crippen LogP contribution in [-0.4, -0.2) is 31.7 Å². The first-order chi connectivity index (χ1) is 7.60. The second-order valence-corrected chi connectivity index (χ2v) is 3.98. The number of rotatable bonds is 5. The summed E-state index contributed by atoms with van der Waals surface area (Å²) < 4.78 is 10.1. The minimum atomic E-state index is -0.644. The number of hydrogen-bond acceptors (Lipinski definition) is 3. The molecule has 1 atom stereocenters. The summed E-state index contributed by atoms with van der Waals surface area (Å²) in [5.41, 5.74) is 3.53. The molecule has 0 spiro atoms. The Morgan fingerprint density at radius 3 is 2.06 bits per heavy atom. The first kappa shape index (κ1) is 13.2. The molecule has 0 saturated heterocycles. The van der Waals surface area contributed by atoms with E-state index in [1.807, 2.05) is 32.0 Å². The molecule has 0 saturated carbocycles. The number of aliphatic hydroxyl groups is 1. The summed E-state index contributed by atoms with van der Waals surface area (Å²) in [5, 5.41) is 9.96. The SMILES string of the molecule is COC(OC)C(O)Cc1c(C)cccc1C. The van der Waals surface area contributed by atoms with Gasteiger partial charge in [-0.15, -0.1) is 0 Å². The van der Waals surface area contributed by atoms with Gasteiger partial charge in [-0.25, -0.2) is 0 Å². The Morgan fingerprint density at radius 1 is 1.12 bits per heavy atom. The van der Waals surface area contributed by atoms with Gasteiger partial charge in [0.25, 0.3) is 0 Å². The van der Waals surface area contributed by atoms with E-state index >= 15 is 0 Å². The van der Waals surface area contributed by atoms with E-state index < -0.39 is 12.4 Å². The highest BCUT2D eigenvalue weighted by atomic mass is 16.7. The summed E-state index contributed by atoms with van der Waals surface area (Å²) in [6, 6.07) is 6.11. The van der Waals surface area contributed by atoms with E-state index in [4.69, 9.17) is 9.47 Å². The van der Waals surface area contributed by atoms with Gasteiger partial charge in [0.05, 0.1) is 0 Å². The number of aryl methyl sites for hydroxylation is 2. The van der Waals surface area contributed by atoms with Crippen molar-refractivity contribution in [1.29, 1.82) is 0 Å². The fourth-order valence-electron chi connectivity index (χ4n) is 1.89. The Kier molecular flexibility index (Phi) is 4.93. The lowest BCUT2D eigenvalue weighted by Gasteiger charge is -2.21. The fraction of sp³-hybridized carbons (Fsp3) is 0.538. The van der Waals surface area contributed by atoms with Crippen molar-refractivity contribution in [2.45, 2.75) is 32.7 Å². The van der Waals surface area contributed by atoms with Gasteiger partial charge in [0.15, 0.2) is 6.29 Å². The van der Waals surface area contributed by atoms with E-state index in [9.17, 15) is 5.11 Å². The Labute approximate surface area is 97.0 Å². The van der Waals surface area contributed by atoms with Crippen molar-refractivity contribution >= 4 is 0 Å². The molecule has 0 aliphatic rings. The van der Waals surface area contributed by atoms with Crippen LogP contribution in [0.1, 0.15) is 16.7 Å². The molecule has 1 rings (SSSR count). The lowest BCUT2D eigenvalue weighted by molar-refractivity contribution is -0.163. The zero-order chi connectivity index (χ0) is 12.1. The third-order valence-electron chi connectivity index (χ3n) is 2.84. The molecule has 1 unspecified atom stereocenters. The molecule has 16 heavy (non-hydrogen) atoms. The standard InChI is InChI=1S/C13H20O3/c1-9-6-5-7-10(2)11(9)8-12(14)13(15-3)16-4/h5-7,12-14H,8H2,1-4H3. The molecule has 90 valence electrons. The van der Waals surface area contributed by atoms with Gasteiger partial charge in [0, 0.05) is 20.6 Å². The highest BCUT2D eigenvalue weighted by Gasteiger charge is 2.19. The Hall–Kier alpha value is -0.900. The molecule has 0 amide bonds. The van der Waals surface area contributed by atoms with Gasteiger partial charge >= 0.3 is 0 Å². The van der Waals surface area contributed by atoms with Crippen LogP contribution in [0.2, 0.25) is 0 Å². The second kappa shape index (κ2) is 5.99. The van der Waals surface area contributed by atoms with Crippen LogP contribution in [0.5, 0.6) is 0 Å². The van der Waals surface area contributed by atoms with E-state index in [0.29, 0.717) is 6.42 Å². The van der Waals surface area contributed by atoms with Gasteiger partial charge in [-0.05, 0) is 30.5 Å². The van der Waals surface area contributed by atoms with E-state index in [1.54, 1.807) is 0 Å². The molecular weight excluding hydrogens is 204 g/mol. The van der Waals surface area contributed by atoms with Gasteiger partial charge in [0.2, 0.25) is 0 Å². The molecule has 1 aromatic rings. The molecule has 0 heterocycles. The highest BCUT2D eigenvalue weighted by molar-refractivity contribution is 5.33. The van der Waals surface area contributed by atoms with Crippen LogP contribution < -0.4 is 0 Å². The van der Waals surface area contributed by atoms with Crippen molar-refractivity contribution in [2.75, 3.05) is 14.2 Å². The van der Waals surface area contributed by atoms with E-state index in [2.05, 4.69) is 0 Å². The second-order valence-electron chi connectivity index (χ2n) is 3.98. The predicted octanol–water partition coefficient (Wildman–Crippen LogP) is 1.83. The molecule has 1 aromatic carbocycles. The molecule has 1 N–H and O–H groups in total. The van der Waals surface area contributed by atoms with Crippen LogP contribution in [0.25, 0.3) is 0 Å². The van der Waals surface area contributed by atoms with E-state index in [-0.39, 0.29) is 0 Å². The summed E-state index contributed by atoms with van der Waals surface area (Å²) in [5.74, 6) is 0. The predicted molar refractivity (Wildman–Crippen MR) is 63.4 cm³/mol. The molecule has 3 heteroatoms. The van der Waals surface area contributed by atoms with Gasteiger partial charge < -0.3 is 14.6 Å². The number of ether oxygens (including phenoxy) is 2. The first-order valence-electron chi connectivity index (χ1n) is 5.39. The van der Waals surface area contributed by atoms with Crippen molar-refractivity contribution < 1.29 is 14.6 Å². The van der Waals surface area contributed by atoms with Crippen molar-refractivity contribution in [3.05, 3.63) is 34.9 Å². The number of methoxy groups -OCH3 is 2. The lowest BCUT2D eigenvalue weighted by atomic mass is 9.97. The molecule has 0 aliphatic carbocycles. The normalized spacial score (nSPS) is 13.1. The third kappa shape index (κ3) is 3.04. The molecule has 0 radical (unpaired) electrons. The summed E-state index contributed by atoms with van der Waals surface area (Å²) in [6.45, 7) is 4.09. The topological polar surface area (TPSA) is 38.7 Å². The smallest absolute Gasteiger partial charge is 0.183 e. The van der Waals surface area contributed by atoms with Crippen LogP contribution in [-0.2, 0) is 15.9 Å². The maximum atomic E-state index is 9.96. The summed E-state index contributed by atoms with van der Waals surface area (Å²) >= 11 is 0. The van der Waals surface area contributed by atoms with Crippen molar-refractivity contribution in [3.63, 3.8) is 0 Å².